The molecule has 0 spiro atoms. The zero-order valence-electron chi connectivity index (χ0n) is 16.4. The Labute approximate surface area is 165 Å². The summed E-state index contributed by atoms with van der Waals surface area (Å²) in [6.07, 6.45) is 1.59. The Morgan fingerprint density at radius 2 is 2.04 bits per heavy atom. The van der Waals surface area contributed by atoms with Gasteiger partial charge in [0.15, 0.2) is 0 Å². The number of nitrogens with one attached hydrogen (secondary N) is 2. The molecule has 0 saturated carbocycles. The molecule has 1 aromatic heterocycles. The summed E-state index contributed by atoms with van der Waals surface area (Å²) in [5, 5.41) is 6.04. The first-order chi connectivity index (χ1) is 13.6. The summed E-state index contributed by atoms with van der Waals surface area (Å²) in [6, 6.07) is 8.94. The molecule has 0 bridgehead atoms. The number of carbonyl (C=O) groups is 1. The molecule has 1 amide bonds. The molecule has 1 fully saturated rings. The molecule has 8 heteroatoms. The van der Waals surface area contributed by atoms with Gasteiger partial charge in [0.1, 0.15) is 11.4 Å². The van der Waals surface area contributed by atoms with E-state index in [4.69, 9.17) is 9.47 Å². The molecule has 8 nitrogen and oxygen atoms in total. The zero-order chi connectivity index (χ0) is 19.8. The molecule has 1 saturated heterocycles. The Morgan fingerprint density at radius 1 is 1.25 bits per heavy atom. The second kappa shape index (κ2) is 10.0. The minimum absolute atomic E-state index is 0.0133. The van der Waals surface area contributed by atoms with Crippen molar-refractivity contribution in [1.82, 2.24) is 14.9 Å². The maximum absolute atomic E-state index is 12.6. The molecule has 2 N–H and O–H groups in total. The number of hydrogen-bond donors (Lipinski definition) is 2. The van der Waals surface area contributed by atoms with E-state index in [2.05, 4.69) is 25.5 Å². The fourth-order valence-electron chi connectivity index (χ4n) is 2.83. The second-order valence-electron chi connectivity index (χ2n) is 6.76. The lowest BCUT2D eigenvalue weighted by Gasteiger charge is -2.26. The van der Waals surface area contributed by atoms with Gasteiger partial charge >= 0.3 is 0 Å². The standard InChI is InChI=1S/C20H27N5O3/c1-15(2)28-18-6-4-3-5-16(18)23-19(26)17-7-8-21-20(24-17)22-9-10-25-11-13-27-14-12-25/h3-8,15H,9-14H2,1-2H3,(H,23,26)(H,21,22,24). The molecule has 1 aliphatic rings. The molecule has 0 unspecified atom stereocenters. The molecule has 0 aliphatic carbocycles. The Bertz CT molecular complexity index is 778. The van der Waals surface area contributed by atoms with Gasteiger partial charge in [0.25, 0.3) is 5.91 Å². The van der Waals surface area contributed by atoms with E-state index in [0.717, 1.165) is 32.8 Å². The first-order valence-electron chi connectivity index (χ1n) is 9.56. The van der Waals surface area contributed by atoms with Crippen LogP contribution < -0.4 is 15.4 Å². The van der Waals surface area contributed by atoms with Crippen LogP contribution in [0.3, 0.4) is 0 Å². The summed E-state index contributed by atoms with van der Waals surface area (Å²) in [4.78, 5) is 23.5. The van der Waals surface area contributed by atoms with Crippen molar-refractivity contribution in [3.05, 3.63) is 42.2 Å². The van der Waals surface area contributed by atoms with Gasteiger partial charge in [-0.2, -0.15) is 0 Å². The lowest BCUT2D eigenvalue weighted by Crippen LogP contribution is -2.39. The van der Waals surface area contributed by atoms with Gasteiger partial charge in [-0.3, -0.25) is 9.69 Å². The number of hydrogen-bond acceptors (Lipinski definition) is 7. The molecule has 2 heterocycles. The highest BCUT2D eigenvalue weighted by Gasteiger charge is 2.13. The maximum atomic E-state index is 12.6. The van der Waals surface area contributed by atoms with Crippen molar-refractivity contribution in [3.63, 3.8) is 0 Å². The summed E-state index contributed by atoms with van der Waals surface area (Å²) in [5.74, 6) is 0.759. The molecule has 0 radical (unpaired) electrons. The minimum atomic E-state index is -0.307. The molecule has 1 aliphatic heterocycles. The minimum Gasteiger partial charge on any atom is -0.489 e. The van der Waals surface area contributed by atoms with E-state index in [-0.39, 0.29) is 12.0 Å². The smallest absolute Gasteiger partial charge is 0.274 e. The quantitative estimate of drug-likeness (QED) is 0.720. The van der Waals surface area contributed by atoms with Crippen molar-refractivity contribution in [2.24, 2.45) is 0 Å². The van der Waals surface area contributed by atoms with Crippen LogP contribution in [0.1, 0.15) is 24.3 Å². The number of para-hydroxylation sites is 2. The molecule has 150 valence electrons. The van der Waals surface area contributed by atoms with Crippen molar-refractivity contribution >= 4 is 17.5 Å². The fraction of sp³-hybridized carbons (Fsp3) is 0.450. The molecule has 0 atom stereocenters. The summed E-state index contributed by atoms with van der Waals surface area (Å²) < 4.78 is 11.1. The summed E-state index contributed by atoms with van der Waals surface area (Å²) in [7, 11) is 0. The zero-order valence-corrected chi connectivity index (χ0v) is 16.4. The van der Waals surface area contributed by atoms with Crippen LogP contribution in [0.4, 0.5) is 11.6 Å². The third-order valence-corrected chi connectivity index (χ3v) is 4.20. The third-order valence-electron chi connectivity index (χ3n) is 4.20. The van der Waals surface area contributed by atoms with E-state index < -0.39 is 0 Å². The molecular weight excluding hydrogens is 358 g/mol. The van der Waals surface area contributed by atoms with Crippen molar-refractivity contribution in [2.75, 3.05) is 50.0 Å². The number of carbonyl (C=O) groups excluding carboxylic acids is 1. The van der Waals surface area contributed by atoms with Gasteiger partial charge in [0.05, 0.1) is 25.0 Å². The van der Waals surface area contributed by atoms with Gasteiger partial charge in [-0.1, -0.05) is 12.1 Å². The van der Waals surface area contributed by atoms with Gasteiger partial charge in [0, 0.05) is 32.4 Å². The van der Waals surface area contributed by atoms with E-state index >= 15 is 0 Å². The van der Waals surface area contributed by atoms with Crippen molar-refractivity contribution in [1.29, 1.82) is 0 Å². The van der Waals surface area contributed by atoms with Crippen LogP contribution in [0.2, 0.25) is 0 Å². The van der Waals surface area contributed by atoms with Crippen LogP contribution in [0.5, 0.6) is 5.75 Å². The highest BCUT2D eigenvalue weighted by atomic mass is 16.5. The van der Waals surface area contributed by atoms with Crippen molar-refractivity contribution in [2.45, 2.75) is 20.0 Å². The van der Waals surface area contributed by atoms with Crippen molar-refractivity contribution < 1.29 is 14.3 Å². The average Bonchev–Trinajstić information content (AvgIpc) is 2.70. The summed E-state index contributed by atoms with van der Waals surface area (Å²) >= 11 is 0. The maximum Gasteiger partial charge on any atom is 0.274 e. The van der Waals surface area contributed by atoms with Gasteiger partial charge in [-0.15, -0.1) is 0 Å². The first kappa shape index (κ1) is 20.0. The Balaban J connectivity index is 1.58. The average molecular weight is 385 g/mol. The van der Waals surface area contributed by atoms with Gasteiger partial charge in [0.2, 0.25) is 5.95 Å². The Kier molecular flexibility index (Phi) is 7.16. The molecule has 1 aromatic carbocycles. The summed E-state index contributed by atoms with van der Waals surface area (Å²) in [5.41, 5.74) is 0.907. The monoisotopic (exact) mass is 385 g/mol. The second-order valence-corrected chi connectivity index (χ2v) is 6.76. The predicted octanol–water partition coefficient (Wildman–Crippen LogP) is 2.26. The number of aromatic nitrogens is 2. The largest absolute Gasteiger partial charge is 0.489 e. The van der Waals surface area contributed by atoms with E-state index in [1.165, 1.54) is 0 Å². The Morgan fingerprint density at radius 3 is 2.82 bits per heavy atom. The number of anilines is 2. The van der Waals surface area contributed by atoms with E-state index in [1.807, 2.05) is 32.0 Å². The topological polar surface area (TPSA) is 88.6 Å². The number of benzene rings is 1. The predicted molar refractivity (Wildman–Crippen MR) is 108 cm³/mol. The normalized spacial score (nSPS) is 14.7. The fourth-order valence-corrected chi connectivity index (χ4v) is 2.83. The summed E-state index contributed by atoms with van der Waals surface area (Å²) in [6.45, 7) is 8.88. The lowest BCUT2D eigenvalue weighted by atomic mass is 10.2. The number of ether oxygens (including phenoxy) is 2. The van der Waals surface area contributed by atoms with E-state index in [9.17, 15) is 4.79 Å². The highest BCUT2D eigenvalue weighted by molar-refractivity contribution is 6.03. The van der Waals surface area contributed by atoms with E-state index in [1.54, 1.807) is 18.3 Å². The Hall–Kier alpha value is -2.71. The van der Waals surface area contributed by atoms with Crippen LogP contribution >= 0.6 is 0 Å². The van der Waals surface area contributed by atoms with Crippen molar-refractivity contribution in [3.8, 4) is 5.75 Å². The van der Waals surface area contributed by atoms with Crippen LogP contribution in [0.25, 0.3) is 0 Å². The molecule has 3 rings (SSSR count). The molecule has 2 aromatic rings. The van der Waals surface area contributed by atoms with Crippen LogP contribution in [-0.2, 0) is 4.74 Å². The third kappa shape index (κ3) is 5.90. The molecule has 28 heavy (non-hydrogen) atoms. The number of nitrogens with zero attached hydrogens (tertiary/aromatic N) is 3. The van der Waals surface area contributed by atoms with Gasteiger partial charge in [-0.05, 0) is 32.0 Å². The number of amides is 1. The number of rotatable bonds is 8. The SMILES string of the molecule is CC(C)Oc1ccccc1NC(=O)c1ccnc(NCCN2CCOCC2)n1. The van der Waals surface area contributed by atoms with Gasteiger partial charge < -0.3 is 20.1 Å². The first-order valence-corrected chi connectivity index (χ1v) is 9.56. The molecular formula is C20H27N5O3. The highest BCUT2D eigenvalue weighted by Crippen LogP contribution is 2.25. The van der Waals surface area contributed by atoms with E-state index in [0.29, 0.717) is 29.6 Å². The van der Waals surface area contributed by atoms with Crippen LogP contribution in [-0.4, -0.2) is 66.3 Å². The van der Waals surface area contributed by atoms with Gasteiger partial charge in [-0.25, -0.2) is 9.97 Å². The lowest BCUT2D eigenvalue weighted by molar-refractivity contribution is 0.0398. The number of morpholine rings is 1. The van der Waals surface area contributed by atoms with Crippen LogP contribution in [0.15, 0.2) is 36.5 Å². The van der Waals surface area contributed by atoms with Crippen LogP contribution in [0, 0.1) is 0 Å².